The molecule has 9 rings (SSSR count). The second-order valence-corrected chi connectivity index (χ2v) is 15.8. The fourth-order valence-corrected chi connectivity index (χ4v) is 9.07. The van der Waals surface area contributed by atoms with Gasteiger partial charge < -0.3 is 21.1 Å². The Kier molecular flexibility index (Phi) is 7.63. The Morgan fingerprint density at radius 3 is 2.51 bits per heavy atom. The zero-order valence-corrected chi connectivity index (χ0v) is 29.7. The number of carbonyl (C=O) groups excluding carboxylic acids is 1. The molecule has 0 bridgehead atoms. The van der Waals surface area contributed by atoms with Crippen molar-refractivity contribution in [1.82, 2.24) is 34.8 Å². The van der Waals surface area contributed by atoms with Crippen molar-refractivity contribution in [3.8, 4) is 11.1 Å². The minimum atomic E-state index is -5.04. The zero-order chi connectivity index (χ0) is 38.9. The predicted molar refractivity (Wildman–Crippen MR) is 187 cm³/mol. The SMILES string of the molecule is Cn1nc(N)c2cccc(-c3cc4sc(N5CC(C)(O)C5)nc4nc3[C@H](Cc3cc(F)cc(F)c3)NC(=O)Cn3nc(C(F)(F)F)c4c3C(F)(F)[C@@H]3CC43)c21. The molecule has 3 atom stereocenters. The molecule has 4 aromatic heterocycles. The normalized spacial score (nSPS) is 20.1. The van der Waals surface area contributed by atoms with Crippen LogP contribution in [0, 0.1) is 17.6 Å². The maximum Gasteiger partial charge on any atom is 0.435 e. The minimum Gasteiger partial charge on any atom is -0.386 e. The van der Waals surface area contributed by atoms with E-state index in [1.54, 1.807) is 42.9 Å². The molecule has 4 N–H and O–H groups in total. The van der Waals surface area contributed by atoms with E-state index in [9.17, 15) is 31.9 Å². The summed E-state index contributed by atoms with van der Waals surface area (Å²) in [6.45, 7) is 1.32. The number of nitrogen functional groups attached to an aromatic ring is 1. The fourth-order valence-electron chi connectivity index (χ4n) is 8.12. The van der Waals surface area contributed by atoms with Gasteiger partial charge in [0.1, 0.15) is 23.9 Å². The Balaban J connectivity index is 1.18. The zero-order valence-electron chi connectivity index (χ0n) is 28.9. The summed E-state index contributed by atoms with van der Waals surface area (Å²) in [5.74, 6) is -8.53. The van der Waals surface area contributed by atoms with Crippen LogP contribution in [0.4, 0.5) is 41.7 Å². The third-order valence-corrected chi connectivity index (χ3v) is 11.5. The number of amides is 1. The third kappa shape index (κ3) is 5.85. The average molecular weight is 786 g/mol. The van der Waals surface area contributed by atoms with Gasteiger partial charge in [0, 0.05) is 41.1 Å². The lowest BCUT2D eigenvalue weighted by Gasteiger charge is -2.43. The van der Waals surface area contributed by atoms with Crippen molar-refractivity contribution >= 4 is 49.4 Å². The van der Waals surface area contributed by atoms with Crippen LogP contribution in [0.5, 0.6) is 0 Å². The summed E-state index contributed by atoms with van der Waals surface area (Å²) in [5, 5.41) is 22.1. The highest BCUT2D eigenvalue weighted by molar-refractivity contribution is 7.22. The second kappa shape index (κ2) is 11.8. The highest BCUT2D eigenvalue weighted by atomic mass is 32.1. The number of aromatic nitrogens is 6. The maximum atomic E-state index is 15.4. The smallest absolute Gasteiger partial charge is 0.386 e. The van der Waals surface area contributed by atoms with Gasteiger partial charge >= 0.3 is 6.18 Å². The number of nitrogens with zero attached hydrogens (tertiary/aromatic N) is 7. The number of β-amino-alcohol motifs (C(OH)–C–C–N with tert-alkyl or cyclic N) is 1. The van der Waals surface area contributed by atoms with E-state index < -0.39 is 76.6 Å². The molecule has 2 aliphatic carbocycles. The van der Waals surface area contributed by atoms with Crippen LogP contribution in [0.1, 0.15) is 53.5 Å². The van der Waals surface area contributed by atoms with E-state index in [-0.39, 0.29) is 35.6 Å². The summed E-state index contributed by atoms with van der Waals surface area (Å²) in [4.78, 5) is 25.3. The van der Waals surface area contributed by atoms with Crippen LogP contribution in [0.15, 0.2) is 42.5 Å². The molecular formula is C36H30F7N9O2S. The highest BCUT2D eigenvalue weighted by Gasteiger charge is 2.68. The molecule has 1 aliphatic heterocycles. The van der Waals surface area contributed by atoms with Crippen molar-refractivity contribution in [2.24, 2.45) is 13.0 Å². The number of para-hydroxylation sites is 1. The largest absolute Gasteiger partial charge is 0.435 e. The van der Waals surface area contributed by atoms with E-state index in [1.165, 1.54) is 11.3 Å². The van der Waals surface area contributed by atoms with Crippen molar-refractivity contribution in [2.75, 3.05) is 23.7 Å². The number of anilines is 2. The minimum absolute atomic E-state index is 0.0892. The molecule has 55 heavy (non-hydrogen) atoms. The molecule has 1 saturated carbocycles. The van der Waals surface area contributed by atoms with Crippen LogP contribution in [-0.4, -0.2) is 59.2 Å². The number of alkyl halides is 5. The number of fused-ring (bicyclic) bond motifs is 5. The molecule has 1 amide bonds. The molecule has 5 heterocycles. The maximum absolute atomic E-state index is 15.4. The van der Waals surface area contributed by atoms with E-state index in [0.717, 1.165) is 12.1 Å². The predicted octanol–water partition coefficient (Wildman–Crippen LogP) is 6.20. The van der Waals surface area contributed by atoms with Crippen LogP contribution >= 0.6 is 11.3 Å². The summed E-state index contributed by atoms with van der Waals surface area (Å²) >= 11 is 1.30. The lowest BCUT2D eigenvalue weighted by molar-refractivity contribution is -0.142. The molecule has 1 saturated heterocycles. The first-order valence-corrected chi connectivity index (χ1v) is 18.0. The van der Waals surface area contributed by atoms with E-state index in [1.807, 2.05) is 4.90 Å². The second-order valence-electron chi connectivity index (χ2n) is 14.7. The van der Waals surface area contributed by atoms with Gasteiger partial charge in [-0.3, -0.25) is 14.2 Å². The van der Waals surface area contributed by atoms with Crippen molar-refractivity contribution in [3.05, 3.63) is 82.3 Å². The third-order valence-electron chi connectivity index (χ3n) is 10.4. The van der Waals surface area contributed by atoms with Gasteiger partial charge in [-0.2, -0.15) is 37.1 Å². The molecule has 0 radical (unpaired) electrons. The quantitative estimate of drug-likeness (QED) is 0.155. The first-order chi connectivity index (χ1) is 25.9. The van der Waals surface area contributed by atoms with Crippen molar-refractivity contribution in [2.45, 2.75) is 56.0 Å². The summed E-state index contributed by atoms with van der Waals surface area (Å²) in [5.41, 5.74) is 4.37. The van der Waals surface area contributed by atoms with Gasteiger partial charge in [-0.05, 0) is 55.5 Å². The number of halogens is 7. The van der Waals surface area contributed by atoms with Gasteiger partial charge in [0.05, 0.1) is 40.6 Å². The molecule has 1 unspecified atom stereocenters. The van der Waals surface area contributed by atoms with Crippen molar-refractivity contribution in [3.63, 3.8) is 0 Å². The number of thiazole rings is 1. The Labute approximate surface area is 310 Å². The van der Waals surface area contributed by atoms with Crippen LogP contribution in [0.3, 0.4) is 0 Å². The van der Waals surface area contributed by atoms with Crippen LogP contribution in [0.25, 0.3) is 32.4 Å². The lowest BCUT2D eigenvalue weighted by atomic mass is 9.94. The lowest BCUT2D eigenvalue weighted by Crippen LogP contribution is -2.60. The van der Waals surface area contributed by atoms with Crippen molar-refractivity contribution < 1.29 is 40.6 Å². The first kappa shape index (κ1) is 35.4. The molecule has 0 spiro atoms. The van der Waals surface area contributed by atoms with Gasteiger partial charge in [-0.1, -0.05) is 23.5 Å². The molecule has 19 heteroatoms. The molecular weight excluding hydrogens is 756 g/mol. The van der Waals surface area contributed by atoms with Crippen LogP contribution in [0.2, 0.25) is 0 Å². The Morgan fingerprint density at radius 1 is 1.09 bits per heavy atom. The number of hydrogen-bond donors (Lipinski definition) is 3. The Hall–Kier alpha value is -5.30. The fraction of sp³-hybridized carbons (Fsp3) is 0.361. The number of benzene rings is 2. The summed E-state index contributed by atoms with van der Waals surface area (Å²) in [6, 6.07) is 8.59. The highest BCUT2D eigenvalue weighted by Crippen LogP contribution is 2.68. The Morgan fingerprint density at radius 2 is 1.82 bits per heavy atom. The molecule has 286 valence electrons. The Bertz CT molecular complexity index is 2550. The number of aryl methyl sites for hydroxylation is 1. The topological polar surface area (TPSA) is 140 Å². The average Bonchev–Trinajstić information content (AvgIpc) is 3.36. The van der Waals surface area contributed by atoms with E-state index in [2.05, 4.69) is 20.5 Å². The first-order valence-electron chi connectivity index (χ1n) is 17.2. The number of hydrogen-bond acceptors (Lipinski definition) is 9. The number of nitrogens with one attached hydrogen (secondary N) is 1. The molecule has 11 nitrogen and oxygen atoms in total. The van der Waals surface area contributed by atoms with Crippen molar-refractivity contribution in [1.29, 1.82) is 0 Å². The van der Waals surface area contributed by atoms with Crippen LogP contribution in [-0.2, 0) is 36.9 Å². The van der Waals surface area contributed by atoms with E-state index >= 15 is 8.78 Å². The van der Waals surface area contributed by atoms with E-state index in [0.29, 0.717) is 55.7 Å². The molecule has 2 aromatic carbocycles. The summed E-state index contributed by atoms with van der Waals surface area (Å²) in [7, 11) is 1.68. The van der Waals surface area contributed by atoms with E-state index in [4.69, 9.17) is 10.7 Å². The summed E-state index contributed by atoms with van der Waals surface area (Å²) in [6.07, 6.45) is -5.44. The van der Waals surface area contributed by atoms with Gasteiger partial charge in [-0.15, -0.1) is 0 Å². The monoisotopic (exact) mass is 785 g/mol. The number of rotatable bonds is 8. The number of pyridine rings is 1. The molecule has 3 aliphatic rings. The molecule has 2 fully saturated rings. The van der Waals surface area contributed by atoms with Gasteiger partial charge in [-0.25, -0.2) is 13.8 Å². The summed E-state index contributed by atoms with van der Waals surface area (Å²) < 4.78 is 105. The number of nitrogens with two attached hydrogens (primary N) is 1. The molecule has 6 aromatic rings. The van der Waals surface area contributed by atoms with Crippen LogP contribution < -0.4 is 16.0 Å². The standard InChI is InChI=1S/C36H30F7N9O2S/c1-34(54)13-51(14-34)33-47-32-24(55-33)11-20(18-4-3-5-19-28(18)50(2)49-31(19)44)27(46-32)23(8-15-6-16(37)9-17(38)7-15)45-25(53)12-52-30-26(29(48-52)36(41,42)43)21-10-22(21)35(30,39)40/h3-7,9,11,21-23,54H,8,10,12-14H2,1-2H3,(H2,44,49)(H,45,53)/t21?,22-,23+/m1/s1. The number of carbonyl (C=O) groups is 1. The number of aliphatic hydroxyl groups is 1. The van der Waals surface area contributed by atoms with Gasteiger partial charge in [0.15, 0.2) is 22.3 Å². The van der Waals surface area contributed by atoms with Gasteiger partial charge in [0.25, 0.3) is 5.92 Å². The van der Waals surface area contributed by atoms with Gasteiger partial charge in [0.2, 0.25) is 5.91 Å².